The Morgan fingerprint density at radius 2 is 2.14 bits per heavy atom. The first-order valence-corrected chi connectivity index (χ1v) is 6.62. The van der Waals surface area contributed by atoms with Gasteiger partial charge in [-0.2, -0.15) is 0 Å². The van der Waals surface area contributed by atoms with Gasteiger partial charge < -0.3 is 0 Å². The third kappa shape index (κ3) is 1.29. The van der Waals surface area contributed by atoms with Crippen LogP contribution in [0.4, 0.5) is 0 Å². The summed E-state index contributed by atoms with van der Waals surface area (Å²) >= 11 is 3.93. The van der Waals surface area contributed by atoms with E-state index >= 15 is 0 Å². The fraction of sp³-hybridized carbons (Fsp3) is 0.333. The standard InChI is InChI=1S/C12H12S2/c1-7-3-9-5-12-10(4-8(2)14-12)6-11(9)13-7/h3,5-6,8H,4H2,1-2H3. The monoisotopic (exact) mass is 220 g/mol. The number of hydrogen-bond donors (Lipinski definition) is 0. The van der Waals surface area contributed by atoms with Crippen LogP contribution in [-0.2, 0) is 6.42 Å². The summed E-state index contributed by atoms with van der Waals surface area (Å²) in [6, 6.07) is 7.05. The van der Waals surface area contributed by atoms with Gasteiger partial charge in [-0.05, 0) is 42.5 Å². The first-order chi connectivity index (χ1) is 6.72. The molecule has 2 heteroatoms. The second-order valence-corrected chi connectivity index (χ2v) is 6.76. The quantitative estimate of drug-likeness (QED) is 0.639. The first-order valence-electron chi connectivity index (χ1n) is 4.92. The molecule has 2 heterocycles. The number of thioether (sulfide) groups is 1. The molecular weight excluding hydrogens is 208 g/mol. The van der Waals surface area contributed by atoms with Gasteiger partial charge in [-0.15, -0.1) is 23.1 Å². The highest BCUT2D eigenvalue weighted by molar-refractivity contribution is 8.00. The molecule has 0 amide bonds. The number of rotatable bonds is 0. The Hall–Kier alpha value is -0.470. The minimum atomic E-state index is 0.766. The molecule has 0 nitrogen and oxygen atoms in total. The van der Waals surface area contributed by atoms with Crippen LogP contribution in [0.3, 0.4) is 0 Å². The van der Waals surface area contributed by atoms with Gasteiger partial charge in [0.15, 0.2) is 0 Å². The van der Waals surface area contributed by atoms with Crippen molar-refractivity contribution in [3.05, 3.63) is 28.6 Å². The van der Waals surface area contributed by atoms with E-state index in [0.717, 1.165) is 5.25 Å². The van der Waals surface area contributed by atoms with E-state index in [1.165, 1.54) is 26.3 Å². The van der Waals surface area contributed by atoms with Gasteiger partial charge in [0.25, 0.3) is 0 Å². The predicted molar refractivity (Wildman–Crippen MR) is 65.6 cm³/mol. The largest absolute Gasteiger partial charge is 0.141 e. The second kappa shape index (κ2) is 3.01. The second-order valence-electron chi connectivity index (χ2n) is 3.99. The highest BCUT2D eigenvalue weighted by Crippen LogP contribution is 2.40. The maximum Gasteiger partial charge on any atom is 0.0349 e. The molecule has 1 atom stereocenters. The molecule has 0 bridgehead atoms. The normalized spacial score (nSPS) is 20.3. The molecule has 0 N–H and O–H groups in total. The molecule has 1 aliphatic heterocycles. The zero-order valence-electron chi connectivity index (χ0n) is 8.33. The van der Waals surface area contributed by atoms with Crippen LogP contribution in [0.15, 0.2) is 23.1 Å². The van der Waals surface area contributed by atoms with Gasteiger partial charge in [-0.1, -0.05) is 6.92 Å². The summed E-state index contributed by atoms with van der Waals surface area (Å²) in [7, 11) is 0. The summed E-state index contributed by atoms with van der Waals surface area (Å²) < 4.78 is 1.45. The third-order valence-electron chi connectivity index (χ3n) is 2.66. The van der Waals surface area contributed by atoms with Crippen molar-refractivity contribution in [3.8, 4) is 0 Å². The molecule has 3 rings (SSSR count). The van der Waals surface area contributed by atoms with E-state index in [4.69, 9.17) is 0 Å². The average molecular weight is 220 g/mol. The lowest BCUT2D eigenvalue weighted by molar-refractivity contribution is 0.962. The number of aryl methyl sites for hydroxylation is 1. The van der Waals surface area contributed by atoms with Crippen molar-refractivity contribution < 1.29 is 0 Å². The average Bonchev–Trinajstić information content (AvgIpc) is 2.59. The number of hydrogen-bond acceptors (Lipinski definition) is 2. The molecule has 1 aliphatic rings. The molecule has 0 saturated heterocycles. The maximum absolute atomic E-state index is 2.39. The van der Waals surface area contributed by atoms with Crippen LogP contribution in [-0.4, -0.2) is 5.25 Å². The summed E-state index contributed by atoms with van der Waals surface area (Å²) in [5, 5.41) is 2.19. The Balaban J connectivity index is 2.25. The van der Waals surface area contributed by atoms with E-state index in [1.54, 1.807) is 5.56 Å². The van der Waals surface area contributed by atoms with E-state index in [1.807, 2.05) is 23.1 Å². The zero-order chi connectivity index (χ0) is 9.71. The number of benzene rings is 1. The minimum Gasteiger partial charge on any atom is -0.141 e. The van der Waals surface area contributed by atoms with Gasteiger partial charge in [0, 0.05) is 19.7 Å². The van der Waals surface area contributed by atoms with Crippen LogP contribution in [0.2, 0.25) is 0 Å². The van der Waals surface area contributed by atoms with Gasteiger partial charge in [0.05, 0.1) is 0 Å². The molecule has 1 aromatic carbocycles. The van der Waals surface area contributed by atoms with Crippen molar-refractivity contribution in [1.29, 1.82) is 0 Å². The Bertz CT molecular complexity index is 453. The molecule has 72 valence electrons. The zero-order valence-corrected chi connectivity index (χ0v) is 9.97. The van der Waals surface area contributed by atoms with E-state index in [2.05, 4.69) is 32.0 Å². The lowest BCUT2D eigenvalue weighted by Gasteiger charge is -1.96. The van der Waals surface area contributed by atoms with E-state index in [9.17, 15) is 0 Å². The first kappa shape index (κ1) is 8.81. The predicted octanol–water partition coefficient (Wildman–Crippen LogP) is 4.25. The molecule has 1 unspecified atom stereocenters. The molecule has 0 radical (unpaired) electrons. The minimum absolute atomic E-state index is 0.766. The summed E-state index contributed by atoms with van der Waals surface area (Å²) in [4.78, 5) is 2.92. The lowest BCUT2D eigenvalue weighted by atomic mass is 10.1. The van der Waals surface area contributed by atoms with Crippen molar-refractivity contribution in [3.63, 3.8) is 0 Å². The number of fused-ring (bicyclic) bond motifs is 2. The van der Waals surface area contributed by atoms with E-state index in [0.29, 0.717) is 0 Å². The van der Waals surface area contributed by atoms with E-state index in [-0.39, 0.29) is 0 Å². The summed E-state index contributed by atoms with van der Waals surface area (Å²) in [5.41, 5.74) is 1.55. The smallest absolute Gasteiger partial charge is 0.0349 e. The van der Waals surface area contributed by atoms with Crippen LogP contribution in [0, 0.1) is 6.92 Å². The van der Waals surface area contributed by atoms with Crippen LogP contribution in [0.25, 0.3) is 10.1 Å². The van der Waals surface area contributed by atoms with Crippen LogP contribution >= 0.6 is 23.1 Å². The van der Waals surface area contributed by atoms with Crippen molar-refractivity contribution in [1.82, 2.24) is 0 Å². The molecule has 0 saturated carbocycles. The Kier molecular flexibility index (Phi) is 1.89. The Morgan fingerprint density at radius 3 is 3.00 bits per heavy atom. The van der Waals surface area contributed by atoms with Crippen LogP contribution in [0.5, 0.6) is 0 Å². The summed E-state index contributed by atoms with van der Waals surface area (Å²) in [5.74, 6) is 0. The maximum atomic E-state index is 2.39. The Labute approximate surface area is 92.3 Å². The summed E-state index contributed by atoms with van der Waals surface area (Å²) in [6.07, 6.45) is 1.24. The summed E-state index contributed by atoms with van der Waals surface area (Å²) in [6.45, 7) is 4.50. The van der Waals surface area contributed by atoms with Gasteiger partial charge in [-0.25, -0.2) is 0 Å². The number of thiophene rings is 1. The molecule has 0 aliphatic carbocycles. The topological polar surface area (TPSA) is 0 Å². The van der Waals surface area contributed by atoms with Gasteiger partial charge >= 0.3 is 0 Å². The third-order valence-corrected chi connectivity index (χ3v) is 4.87. The highest BCUT2D eigenvalue weighted by atomic mass is 32.2. The fourth-order valence-corrected chi connectivity index (χ4v) is 4.23. The van der Waals surface area contributed by atoms with Gasteiger partial charge in [0.1, 0.15) is 0 Å². The molecule has 2 aromatic rings. The van der Waals surface area contributed by atoms with Gasteiger partial charge in [-0.3, -0.25) is 0 Å². The highest BCUT2D eigenvalue weighted by Gasteiger charge is 2.19. The van der Waals surface area contributed by atoms with Crippen molar-refractivity contribution in [2.45, 2.75) is 30.4 Å². The molecule has 14 heavy (non-hydrogen) atoms. The Morgan fingerprint density at radius 1 is 1.29 bits per heavy atom. The lowest BCUT2D eigenvalue weighted by Crippen LogP contribution is -1.90. The van der Waals surface area contributed by atoms with Crippen LogP contribution in [0.1, 0.15) is 17.4 Å². The molecule has 0 spiro atoms. The SMILES string of the molecule is Cc1cc2cc3c(cc2s1)CC(C)S3. The molecular formula is C12H12S2. The van der Waals surface area contributed by atoms with E-state index < -0.39 is 0 Å². The van der Waals surface area contributed by atoms with Crippen molar-refractivity contribution in [2.24, 2.45) is 0 Å². The fourth-order valence-electron chi connectivity index (χ4n) is 2.08. The van der Waals surface area contributed by atoms with Crippen LogP contribution < -0.4 is 0 Å². The van der Waals surface area contributed by atoms with Gasteiger partial charge in [0.2, 0.25) is 0 Å². The molecule has 1 aromatic heterocycles. The van der Waals surface area contributed by atoms with Crippen molar-refractivity contribution >= 4 is 33.2 Å². The van der Waals surface area contributed by atoms with Crippen molar-refractivity contribution in [2.75, 3.05) is 0 Å². The molecule has 0 fully saturated rings.